The molecule has 0 spiro atoms. The molecular formula is C3H3NOOs2+4. The van der Waals surface area contributed by atoms with Gasteiger partial charge in [0.05, 0.1) is 6.07 Å². The second-order valence-electron chi connectivity index (χ2n) is 0.224. The molecule has 0 unspecified atom stereocenters. The van der Waals surface area contributed by atoms with Crippen molar-refractivity contribution in [3.8, 4) is 6.07 Å². The molecule has 0 radical (unpaired) electrons. The summed E-state index contributed by atoms with van der Waals surface area (Å²) in [5.41, 5.74) is 0. The summed E-state index contributed by atoms with van der Waals surface area (Å²) in [6.07, 6.45) is 0. The summed E-state index contributed by atoms with van der Waals surface area (Å²) in [4.78, 5) is 0. The summed E-state index contributed by atoms with van der Waals surface area (Å²) in [6, 6.07) is 1.75. The molecule has 0 fully saturated rings. The molecule has 0 amide bonds. The molecule has 0 aromatic carbocycles. The summed E-state index contributed by atoms with van der Waals surface area (Å²) >= 11 is 0. The zero-order valence-corrected chi connectivity index (χ0v) is 8.64. The third kappa shape index (κ3) is 522. The Kier molecular flexibility index (Phi) is 322. The van der Waals surface area contributed by atoms with Gasteiger partial charge in [0, 0.05) is 26.7 Å². The van der Waals surface area contributed by atoms with E-state index in [4.69, 9.17) is 9.91 Å². The Morgan fingerprint density at radius 1 is 1.57 bits per heavy atom. The second kappa shape index (κ2) is 87.2. The van der Waals surface area contributed by atoms with Gasteiger partial charge in [-0.3, -0.25) is 0 Å². The van der Waals surface area contributed by atoms with E-state index in [2.05, 4.69) is 6.65 Å². The van der Waals surface area contributed by atoms with E-state index >= 15 is 0 Å². The molecule has 0 aromatic rings. The molecule has 4 heteroatoms. The van der Waals surface area contributed by atoms with E-state index in [0.29, 0.717) is 0 Å². The fourth-order valence-electron chi connectivity index (χ4n) is 0. The fraction of sp³-hybridized carbons (Fsp3) is 0.333. The second-order valence-corrected chi connectivity index (χ2v) is 0.224. The van der Waals surface area contributed by atoms with Gasteiger partial charge in [-0.15, -0.1) is 0 Å². The standard InChI is InChI=1S/C2H3N.CO.2Os/c1-2-3;1-2;;/h1H3;;;/q;;;+4. The number of hydrogen-bond donors (Lipinski definition) is 0. The van der Waals surface area contributed by atoms with Gasteiger partial charge >= 0.3 is 31.1 Å². The SMILES string of the molecule is CC#N.[C-]#[O+].[Os+4].[Os]. The maximum atomic E-state index is 7.50. The normalized spacial score (nSPS) is 1.43. The molecule has 0 aliphatic carbocycles. The first-order valence-corrected chi connectivity index (χ1v) is 0.928. The molecule has 0 rings (SSSR count). The number of nitrogens with zero attached hydrogens (tertiary/aromatic N) is 1. The largest absolute Gasteiger partial charge is 4.00 e. The van der Waals surface area contributed by atoms with Crippen molar-refractivity contribution in [2.24, 2.45) is 0 Å². The quantitative estimate of drug-likeness (QED) is 0.392. The maximum absolute atomic E-state index is 7.50. The van der Waals surface area contributed by atoms with Crippen LogP contribution in [0.15, 0.2) is 0 Å². The van der Waals surface area contributed by atoms with Gasteiger partial charge in [-0.05, 0) is 0 Å². The van der Waals surface area contributed by atoms with Gasteiger partial charge < -0.3 is 0 Å². The van der Waals surface area contributed by atoms with E-state index < -0.39 is 0 Å². The van der Waals surface area contributed by atoms with Crippen molar-refractivity contribution < 1.29 is 44.2 Å². The van der Waals surface area contributed by atoms with Gasteiger partial charge in [0.25, 0.3) is 0 Å². The summed E-state index contributed by atoms with van der Waals surface area (Å²) in [7, 11) is 0. The summed E-state index contributed by atoms with van der Waals surface area (Å²) in [5, 5.41) is 7.32. The van der Waals surface area contributed by atoms with Crippen molar-refractivity contribution in [3.05, 3.63) is 6.65 Å². The van der Waals surface area contributed by atoms with E-state index in [0.717, 1.165) is 0 Å². The summed E-state index contributed by atoms with van der Waals surface area (Å²) in [6.45, 7) is 5.93. The Morgan fingerprint density at radius 3 is 1.57 bits per heavy atom. The van der Waals surface area contributed by atoms with Gasteiger partial charge in [0.15, 0.2) is 0 Å². The van der Waals surface area contributed by atoms with E-state index in [1.165, 1.54) is 6.92 Å². The van der Waals surface area contributed by atoms with Crippen LogP contribution in [0.4, 0.5) is 0 Å². The molecule has 0 N–H and O–H groups in total. The van der Waals surface area contributed by atoms with Crippen LogP contribution in [0.5, 0.6) is 0 Å². The van der Waals surface area contributed by atoms with Crippen molar-refractivity contribution in [3.63, 3.8) is 0 Å². The first-order chi connectivity index (χ1) is 2.41. The number of nitriles is 1. The summed E-state index contributed by atoms with van der Waals surface area (Å²) in [5.74, 6) is 0. The Hall–Kier alpha value is 0.503. The predicted molar refractivity (Wildman–Crippen MR) is 15.2 cm³/mol. The third-order valence-electron chi connectivity index (χ3n) is 0. The van der Waals surface area contributed by atoms with Crippen LogP contribution in [0.2, 0.25) is 0 Å². The molecule has 2 nitrogen and oxygen atoms in total. The average Bonchev–Trinajstić information content (AvgIpc) is 1.46. The maximum Gasteiger partial charge on any atom is 4.00 e. The van der Waals surface area contributed by atoms with Crippen LogP contribution in [0, 0.1) is 18.0 Å². The van der Waals surface area contributed by atoms with Crippen molar-refractivity contribution in [1.82, 2.24) is 0 Å². The molecule has 0 aromatic heterocycles. The minimum absolute atomic E-state index is 0. The first-order valence-electron chi connectivity index (χ1n) is 0.928. The van der Waals surface area contributed by atoms with E-state index in [-0.39, 0.29) is 39.6 Å². The minimum atomic E-state index is 0. The van der Waals surface area contributed by atoms with Crippen molar-refractivity contribution in [2.45, 2.75) is 6.92 Å². The van der Waals surface area contributed by atoms with Crippen LogP contribution < -0.4 is 0 Å². The Balaban J connectivity index is -0.0000000105. The molecule has 0 aliphatic heterocycles. The Morgan fingerprint density at radius 2 is 1.57 bits per heavy atom. The van der Waals surface area contributed by atoms with Crippen molar-refractivity contribution >= 4 is 0 Å². The van der Waals surface area contributed by atoms with Gasteiger partial charge in [-0.2, -0.15) is 5.26 Å². The predicted octanol–water partition coefficient (Wildman–Crippen LogP) is 0.487. The first kappa shape index (κ1) is 25.9. The third-order valence-corrected chi connectivity index (χ3v) is 0. The summed E-state index contributed by atoms with van der Waals surface area (Å²) < 4.78 is 7.50. The fourth-order valence-corrected chi connectivity index (χ4v) is 0. The van der Waals surface area contributed by atoms with Crippen LogP contribution in [-0.4, -0.2) is 0 Å². The Labute approximate surface area is 69.1 Å². The molecule has 0 aliphatic rings. The molecule has 7 heavy (non-hydrogen) atoms. The molecule has 0 heterocycles. The van der Waals surface area contributed by atoms with Gasteiger partial charge in [-0.25, -0.2) is 0 Å². The smallest absolute Gasteiger partial charge is 0 e. The van der Waals surface area contributed by atoms with Crippen LogP contribution in [0.1, 0.15) is 6.92 Å². The van der Waals surface area contributed by atoms with Crippen molar-refractivity contribution in [2.75, 3.05) is 0 Å². The van der Waals surface area contributed by atoms with Crippen LogP contribution in [0.25, 0.3) is 0 Å². The molecule has 0 atom stereocenters. The average molecular weight is 450 g/mol. The zero-order chi connectivity index (χ0) is 4.71. The monoisotopic (exact) mass is 453 g/mol. The topological polar surface area (TPSA) is 43.7 Å². The van der Waals surface area contributed by atoms with Crippen molar-refractivity contribution in [1.29, 1.82) is 5.26 Å². The minimum Gasteiger partial charge on any atom is 0 e. The van der Waals surface area contributed by atoms with E-state index in [9.17, 15) is 0 Å². The molecule has 0 saturated heterocycles. The zero-order valence-electron chi connectivity index (χ0n) is 3.56. The van der Waals surface area contributed by atoms with E-state index in [1.54, 1.807) is 6.07 Å². The van der Waals surface area contributed by atoms with Crippen LogP contribution in [0.3, 0.4) is 0 Å². The van der Waals surface area contributed by atoms with Gasteiger partial charge in [0.2, 0.25) is 0 Å². The number of hydrogen-bond acceptors (Lipinski definition) is 1. The molecule has 0 saturated carbocycles. The molecule has 0 bridgehead atoms. The molecule has 38 valence electrons. The van der Waals surface area contributed by atoms with Gasteiger partial charge in [0.1, 0.15) is 0 Å². The van der Waals surface area contributed by atoms with E-state index in [1.807, 2.05) is 0 Å². The van der Waals surface area contributed by atoms with Crippen LogP contribution in [-0.2, 0) is 44.2 Å². The van der Waals surface area contributed by atoms with Gasteiger partial charge in [-0.1, -0.05) is 0 Å². The molecular weight excluding hydrogens is 446 g/mol. The number of rotatable bonds is 0. The Bertz CT molecular complexity index is 55.7. The van der Waals surface area contributed by atoms with Crippen LogP contribution >= 0.6 is 0 Å².